The van der Waals surface area contributed by atoms with Crippen molar-refractivity contribution < 1.29 is 4.79 Å². The number of carbonyl (C=O) groups is 1. The second-order valence-corrected chi connectivity index (χ2v) is 8.27. The van der Waals surface area contributed by atoms with Crippen molar-refractivity contribution in [3.63, 3.8) is 0 Å². The number of hydrogen-bond acceptors (Lipinski definition) is 3. The highest BCUT2D eigenvalue weighted by Gasteiger charge is 2.30. The highest BCUT2D eigenvalue weighted by Crippen LogP contribution is 2.29. The molecule has 1 heterocycles. The molecule has 0 fully saturated rings. The zero-order valence-electron chi connectivity index (χ0n) is 18.7. The number of hydrogen-bond donors (Lipinski definition) is 0. The third kappa shape index (κ3) is 4.41. The molecule has 0 aliphatic rings. The van der Waals surface area contributed by atoms with Crippen LogP contribution in [-0.2, 0) is 0 Å². The molecule has 0 spiro atoms. The molecular weight excluding hydrogens is 434 g/mol. The number of rotatable bonds is 7. The largest absolute Gasteiger partial charge is 0.328 e. The summed E-state index contributed by atoms with van der Waals surface area (Å²) in [6.45, 7) is 4.54. The summed E-state index contributed by atoms with van der Waals surface area (Å²) in [5, 5.41) is 0.949. The lowest BCUT2D eigenvalue weighted by molar-refractivity contribution is 0.0659. The normalized spacial score (nSPS) is 12.0. The lowest BCUT2D eigenvalue weighted by atomic mass is 10.1. The van der Waals surface area contributed by atoms with Crippen molar-refractivity contribution in [2.75, 3.05) is 6.54 Å². The standard InChI is InChI=1S/C27H26ClN3O2/c1-3-18-30(26(32)20-14-8-10-16-22(20)28)24(4-2)25-29-23-17-11-9-15-21(23)27(33)31(25)19-12-6-5-7-13-19/h5-17,24H,3-4,18H2,1-2H3. The minimum absolute atomic E-state index is 0.151. The molecule has 168 valence electrons. The Kier molecular flexibility index (Phi) is 6.90. The Labute approximate surface area is 198 Å². The molecule has 3 aromatic carbocycles. The summed E-state index contributed by atoms with van der Waals surface area (Å²) in [5.41, 5.74) is 1.63. The lowest BCUT2D eigenvalue weighted by Gasteiger charge is -2.32. The van der Waals surface area contributed by atoms with E-state index in [9.17, 15) is 9.59 Å². The van der Waals surface area contributed by atoms with E-state index in [1.165, 1.54) is 0 Å². The first-order chi connectivity index (χ1) is 16.1. The molecule has 0 aliphatic heterocycles. The third-order valence-corrected chi connectivity index (χ3v) is 6.04. The summed E-state index contributed by atoms with van der Waals surface area (Å²) in [6, 6.07) is 23.4. The number of amides is 1. The van der Waals surface area contributed by atoms with Crippen molar-refractivity contribution in [2.24, 2.45) is 0 Å². The van der Waals surface area contributed by atoms with Gasteiger partial charge in [0.05, 0.1) is 33.2 Å². The van der Waals surface area contributed by atoms with Gasteiger partial charge in [0.2, 0.25) is 0 Å². The van der Waals surface area contributed by atoms with E-state index in [1.54, 1.807) is 39.8 Å². The minimum Gasteiger partial charge on any atom is -0.328 e. The number of carbonyl (C=O) groups excluding carboxylic acids is 1. The van der Waals surface area contributed by atoms with Crippen LogP contribution in [0.4, 0.5) is 0 Å². The van der Waals surface area contributed by atoms with E-state index in [1.807, 2.05) is 62.4 Å². The SMILES string of the molecule is CCCN(C(=O)c1ccccc1Cl)C(CC)c1nc2ccccc2c(=O)n1-c1ccccc1. The Hall–Kier alpha value is -3.44. The van der Waals surface area contributed by atoms with Crippen LogP contribution in [0.2, 0.25) is 5.02 Å². The van der Waals surface area contributed by atoms with Gasteiger partial charge >= 0.3 is 0 Å². The molecule has 4 rings (SSSR count). The van der Waals surface area contributed by atoms with Gasteiger partial charge in [-0.25, -0.2) is 4.98 Å². The summed E-state index contributed by atoms with van der Waals surface area (Å²) in [4.78, 5) is 34.0. The Morgan fingerprint density at radius 2 is 1.64 bits per heavy atom. The van der Waals surface area contributed by atoms with Crippen molar-refractivity contribution >= 4 is 28.4 Å². The van der Waals surface area contributed by atoms with Crippen LogP contribution in [0.5, 0.6) is 0 Å². The molecule has 0 bridgehead atoms. The van der Waals surface area contributed by atoms with Gasteiger partial charge in [0.1, 0.15) is 5.82 Å². The van der Waals surface area contributed by atoms with Gasteiger partial charge in [-0.3, -0.25) is 14.2 Å². The van der Waals surface area contributed by atoms with Gasteiger partial charge in [-0.15, -0.1) is 0 Å². The van der Waals surface area contributed by atoms with Gasteiger partial charge in [-0.2, -0.15) is 0 Å². The Morgan fingerprint density at radius 3 is 2.33 bits per heavy atom. The number of nitrogens with zero attached hydrogens (tertiary/aromatic N) is 3. The maximum atomic E-state index is 13.7. The van der Waals surface area contributed by atoms with E-state index in [4.69, 9.17) is 16.6 Å². The first kappa shape index (κ1) is 22.7. The van der Waals surface area contributed by atoms with Crippen LogP contribution < -0.4 is 5.56 Å². The fourth-order valence-electron chi connectivity index (χ4n) is 4.17. The number of para-hydroxylation sites is 2. The molecule has 0 saturated heterocycles. The Bertz CT molecular complexity index is 1330. The molecular formula is C27H26ClN3O2. The lowest BCUT2D eigenvalue weighted by Crippen LogP contribution is -2.39. The van der Waals surface area contributed by atoms with Crippen molar-refractivity contribution in [3.8, 4) is 5.69 Å². The van der Waals surface area contributed by atoms with Crippen LogP contribution in [0.3, 0.4) is 0 Å². The van der Waals surface area contributed by atoms with Gasteiger partial charge < -0.3 is 4.90 Å². The average molecular weight is 460 g/mol. The van der Waals surface area contributed by atoms with Crippen molar-refractivity contribution in [2.45, 2.75) is 32.7 Å². The summed E-state index contributed by atoms with van der Waals surface area (Å²) >= 11 is 6.37. The number of fused-ring (bicyclic) bond motifs is 1. The van der Waals surface area contributed by atoms with E-state index in [-0.39, 0.29) is 11.5 Å². The van der Waals surface area contributed by atoms with Crippen LogP contribution in [0.25, 0.3) is 16.6 Å². The first-order valence-electron chi connectivity index (χ1n) is 11.2. The fourth-order valence-corrected chi connectivity index (χ4v) is 4.39. The van der Waals surface area contributed by atoms with Crippen LogP contribution >= 0.6 is 11.6 Å². The number of halogens is 1. The van der Waals surface area contributed by atoms with E-state index in [0.717, 1.165) is 12.1 Å². The van der Waals surface area contributed by atoms with Crippen molar-refractivity contribution in [1.82, 2.24) is 14.5 Å². The molecule has 1 atom stereocenters. The highest BCUT2D eigenvalue weighted by atomic mass is 35.5. The monoisotopic (exact) mass is 459 g/mol. The Morgan fingerprint density at radius 1 is 0.970 bits per heavy atom. The van der Waals surface area contributed by atoms with Gasteiger partial charge in [-0.05, 0) is 49.2 Å². The molecule has 4 aromatic rings. The van der Waals surface area contributed by atoms with E-state index in [2.05, 4.69) is 0 Å². The quantitative estimate of drug-likeness (QED) is 0.338. The zero-order valence-corrected chi connectivity index (χ0v) is 19.5. The maximum Gasteiger partial charge on any atom is 0.266 e. The van der Waals surface area contributed by atoms with Gasteiger partial charge in [0.15, 0.2) is 0 Å². The second kappa shape index (κ2) is 10.0. The van der Waals surface area contributed by atoms with E-state index >= 15 is 0 Å². The smallest absolute Gasteiger partial charge is 0.266 e. The fraction of sp³-hybridized carbons (Fsp3) is 0.222. The van der Waals surface area contributed by atoms with Crippen molar-refractivity contribution in [1.29, 1.82) is 0 Å². The molecule has 0 saturated carbocycles. The first-order valence-corrected chi connectivity index (χ1v) is 11.6. The van der Waals surface area contributed by atoms with E-state index in [0.29, 0.717) is 40.3 Å². The Balaban J connectivity index is 1.95. The van der Waals surface area contributed by atoms with Gasteiger partial charge in [0, 0.05) is 6.54 Å². The van der Waals surface area contributed by atoms with Gasteiger partial charge in [0.25, 0.3) is 11.5 Å². The zero-order chi connectivity index (χ0) is 23.4. The predicted octanol–water partition coefficient (Wildman–Crippen LogP) is 6.04. The number of aromatic nitrogens is 2. The molecule has 5 nitrogen and oxygen atoms in total. The molecule has 1 aromatic heterocycles. The summed E-state index contributed by atoms with van der Waals surface area (Å²) < 4.78 is 1.64. The molecule has 1 unspecified atom stereocenters. The van der Waals surface area contributed by atoms with Crippen LogP contribution in [0.15, 0.2) is 83.7 Å². The molecule has 0 radical (unpaired) electrons. The second-order valence-electron chi connectivity index (χ2n) is 7.87. The highest BCUT2D eigenvalue weighted by molar-refractivity contribution is 6.33. The van der Waals surface area contributed by atoms with Crippen LogP contribution in [0.1, 0.15) is 48.9 Å². The average Bonchev–Trinajstić information content (AvgIpc) is 2.84. The molecule has 6 heteroatoms. The third-order valence-electron chi connectivity index (χ3n) is 5.71. The minimum atomic E-state index is -0.411. The van der Waals surface area contributed by atoms with E-state index < -0.39 is 6.04 Å². The van der Waals surface area contributed by atoms with Crippen LogP contribution in [0, 0.1) is 0 Å². The topological polar surface area (TPSA) is 55.2 Å². The maximum absolute atomic E-state index is 13.7. The molecule has 1 amide bonds. The van der Waals surface area contributed by atoms with Crippen molar-refractivity contribution in [3.05, 3.63) is 106 Å². The summed E-state index contributed by atoms with van der Waals surface area (Å²) in [5.74, 6) is 0.373. The summed E-state index contributed by atoms with van der Waals surface area (Å²) in [7, 11) is 0. The number of benzene rings is 3. The van der Waals surface area contributed by atoms with Gasteiger partial charge in [-0.1, -0.05) is 67.9 Å². The van der Waals surface area contributed by atoms with Crippen LogP contribution in [-0.4, -0.2) is 26.9 Å². The predicted molar refractivity (Wildman–Crippen MR) is 133 cm³/mol. The summed E-state index contributed by atoms with van der Waals surface area (Å²) in [6.07, 6.45) is 1.35. The molecule has 0 aliphatic carbocycles. The molecule has 0 N–H and O–H groups in total. The molecule has 33 heavy (non-hydrogen) atoms.